The maximum Gasteiger partial charge on any atom is 0.201 e. The number of halogens is 1. The number of rotatable bonds is 4. The lowest BCUT2D eigenvalue weighted by atomic mass is 9.94. The second-order valence-electron chi connectivity index (χ2n) is 6.75. The van der Waals surface area contributed by atoms with Gasteiger partial charge in [0.1, 0.15) is 17.4 Å². The van der Waals surface area contributed by atoms with Crippen LogP contribution < -0.4 is 0 Å². The summed E-state index contributed by atoms with van der Waals surface area (Å²) in [6.07, 6.45) is 0.806. The highest BCUT2D eigenvalue weighted by atomic mass is 19.1. The summed E-state index contributed by atoms with van der Waals surface area (Å²) in [5.41, 5.74) is 1.80. The molecule has 1 amide bonds. The first-order chi connectivity index (χ1) is 13.6. The number of phenols is 1. The number of amides is 1. The fourth-order valence-electron chi connectivity index (χ4n) is 3.75. The van der Waals surface area contributed by atoms with Gasteiger partial charge in [0.05, 0.1) is 6.54 Å². The van der Waals surface area contributed by atoms with Crippen molar-refractivity contribution in [1.82, 2.24) is 4.90 Å². The summed E-state index contributed by atoms with van der Waals surface area (Å²) in [4.78, 5) is 17.4. The van der Waals surface area contributed by atoms with Crippen LogP contribution in [-0.2, 0) is 12.8 Å². The van der Waals surface area contributed by atoms with E-state index in [1.54, 1.807) is 18.2 Å². The number of carbonyl (C=O) groups is 1. The van der Waals surface area contributed by atoms with Crippen LogP contribution in [0.25, 0.3) is 10.8 Å². The number of nitrogens with zero attached hydrogens (tertiary/aromatic N) is 2. The van der Waals surface area contributed by atoms with E-state index in [9.17, 15) is 14.3 Å². The molecule has 3 aromatic rings. The quantitative estimate of drug-likeness (QED) is 0.708. The Morgan fingerprint density at radius 1 is 1.07 bits per heavy atom. The number of aryl methyl sites for hydroxylation is 1. The molecule has 0 saturated carbocycles. The maximum absolute atomic E-state index is 14.7. The van der Waals surface area contributed by atoms with E-state index in [1.807, 2.05) is 30.3 Å². The molecule has 28 heavy (non-hydrogen) atoms. The van der Waals surface area contributed by atoms with Crippen molar-refractivity contribution < 1.29 is 14.3 Å². The van der Waals surface area contributed by atoms with E-state index < -0.39 is 5.81 Å². The van der Waals surface area contributed by atoms with Crippen LogP contribution in [0.3, 0.4) is 0 Å². The van der Waals surface area contributed by atoms with Crippen molar-refractivity contribution in [3.05, 3.63) is 77.1 Å². The Morgan fingerprint density at radius 3 is 2.68 bits per heavy atom. The fourth-order valence-corrected chi connectivity index (χ4v) is 3.75. The number of amidine groups is 1. The van der Waals surface area contributed by atoms with Gasteiger partial charge in [-0.25, -0.2) is 4.39 Å². The van der Waals surface area contributed by atoms with Crippen LogP contribution >= 0.6 is 0 Å². The molecule has 1 heterocycles. The van der Waals surface area contributed by atoms with E-state index >= 15 is 0 Å². The van der Waals surface area contributed by atoms with Crippen molar-refractivity contribution in [2.75, 3.05) is 13.1 Å². The van der Waals surface area contributed by atoms with E-state index in [1.165, 1.54) is 11.0 Å². The van der Waals surface area contributed by atoms with Gasteiger partial charge < -0.3 is 10.0 Å². The van der Waals surface area contributed by atoms with Crippen molar-refractivity contribution in [3.8, 4) is 5.75 Å². The highest BCUT2D eigenvalue weighted by Crippen LogP contribution is 2.29. The molecular weight excluding hydrogens is 354 g/mol. The Labute approximate surface area is 163 Å². The Kier molecular flexibility index (Phi) is 4.86. The molecule has 1 aliphatic heterocycles. The highest BCUT2D eigenvalue weighted by Gasteiger charge is 2.25. The zero-order chi connectivity index (χ0) is 19.7. The molecule has 0 aliphatic carbocycles. The molecule has 6 heteroatoms. The van der Waals surface area contributed by atoms with Crippen LogP contribution in [0.5, 0.6) is 5.75 Å². The molecule has 3 aromatic carbocycles. The van der Waals surface area contributed by atoms with Gasteiger partial charge in [-0.2, -0.15) is 0 Å². The lowest BCUT2D eigenvalue weighted by Crippen LogP contribution is -2.34. The predicted octanol–water partition coefficient (Wildman–Crippen LogP) is 3.82. The maximum atomic E-state index is 14.7. The van der Waals surface area contributed by atoms with Gasteiger partial charge in [-0.05, 0) is 41.3 Å². The van der Waals surface area contributed by atoms with Gasteiger partial charge in [0.25, 0.3) is 0 Å². The average Bonchev–Trinajstić information content (AvgIpc) is 3.18. The van der Waals surface area contributed by atoms with Crippen molar-refractivity contribution in [2.24, 2.45) is 4.99 Å². The number of carbonyl (C=O) groups excluding carboxylic acids is 1. The lowest BCUT2D eigenvalue weighted by Gasteiger charge is -2.20. The number of benzene rings is 3. The second-order valence-corrected chi connectivity index (χ2v) is 6.75. The van der Waals surface area contributed by atoms with Crippen molar-refractivity contribution >= 4 is 30.3 Å². The van der Waals surface area contributed by atoms with Crippen LogP contribution in [0.1, 0.15) is 16.7 Å². The summed E-state index contributed by atoms with van der Waals surface area (Å²) < 4.78 is 14.7. The molecule has 0 saturated heterocycles. The summed E-state index contributed by atoms with van der Waals surface area (Å²) in [6.45, 7) is 0.836. The molecule has 0 unspecified atom stereocenters. The van der Waals surface area contributed by atoms with E-state index in [-0.39, 0.29) is 11.6 Å². The standard InChI is InChI=1S/C22H18BFN2O2/c23-22(28)26-13-12-25-21(26)18-6-3-7-19(24)16(18)9-10-17-15-5-2-1-4-14(15)8-11-20(17)27/h1-8,11,27H,9-10,12-13H2. The first-order valence-corrected chi connectivity index (χ1v) is 9.15. The van der Waals surface area contributed by atoms with Crippen LogP contribution in [0.15, 0.2) is 59.6 Å². The minimum absolute atomic E-state index is 0.188. The molecular formula is C22H18BFN2O2. The summed E-state index contributed by atoms with van der Waals surface area (Å²) in [5.74, 6) is -0.368. The van der Waals surface area contributed by atoms with E-state index in [2.05, 4.69) is 4.99 Å². The number of aliphatic imine (C=N–C) groups is 1. The molecule has 0 aromatic heterocycles. The Morgan fingerprint density at radius 2 is 1.86 bits per heavy atom. The molecule has 0 spiro atoms. The van der Waals surface area contributed by atoms with Crippen LogP contribution in [0.2, 0.25) is 0 Å². The van der Waals surface area contributed by atoms with Crippen LogP contribution in [0.4, 0.5) is 9.18 Å². The summed E-state index contributed by atoms with van der Waals surface area (Å²) in [5, 5.41) is 12.3. The normalized spacial score (nSPS) is 13.8. The summed E-state index contributed by atoms with van der Waals surface area (Å²) >= 11 is 0. The van der Waals surface area contributed by atoms with Crippen molar-refractivity contribution in [1.29, 1.82) is 0 Å². The third kappa shape index (κ3) is 3.26. The number of hydrogen-bond acceptors (Lipinski definition) is 3. The Bertz CT molecular complexity index is 1100. The number of phenolic OH excluding ortho intramolecular Hbond substituents is 1. The zero-order valence-corrected chi connectivity index (χ0v) is 15.2. The van der Waals surface area contributed by atoms with Gasteiger partial charge in [-0.3, -0.25) is 9.79 Å². The molecule has 1 N–H and O–H groups in total. The minimum atomic E-state index is -0.599. The first kappa shape index (κ1) is 18.2. The second kappa shape index (κ2) is 7.47. The minimum Gasteiger partial charge on any atom is -0.508 e. The van der Waals surface area contributed by atoms with Gasteiger partial charge in [0, 0.05) is 17.7 Å². The molecule has 0 bridgehead atoms. The summed E-state index contributed by atoms with van der Waals surface area (Å²) in [6, 6.07) is 16.0. The SMILES string of the molecule is [B]C(=O)N1CCN=C1c1cccc(F)c1CCc1c(O)ccc2ccccc12. The first-order valence-electron chi connectivity index (χ1n) is 9.15. The fraction of sp³-hybridized carbons (Fsp3) is 0.182. The zero-order valence-electron chi connectivity index (χ0n) is 15.2. The Hall–Kier alpha value is -3.15. The molecule has 2 radical (unpaired) electrons. The van der Waals surface area contributed by atoms with Gasteiger partial charge in [-0.15, -0.1) is 0 Å². The molecule has 138 valence electrons. The smallest absolute Gasteiger partial charge is 0.201 e. The third-order valence-corrected chi connectivity index (χ3v) is 5.11. The van der Waals surface area contributed by atoms with Crippen LogP contribution in [-0.4, -0.2) is 42.6 Å². The molecule has 4 rings (SSSR count). The highest BCUT2D eigenvalue weighted by molar-refractivity contribution is 6.58. The van der Waals surface area contributed by atoms with Gasteiger partial charge in [0.15, 0.2) is 5.81 Å². The average molecular weight is 372 g/mol. The van der Waals surface area contributed by atoms with E-state index in [0.29, 0.717) is 42.9 Å². The number of aromatic hydroxyl groups is 1. The Balaban J connectivity index is 1.71. The predicted molar refractivity (Wildman–Crippen MR) is 109 cm³/mol. The van der Waals surface area contributed by atoms with E-state index in [4.69, 9.17) is 7.85 Å². The van der Waals surface area contributed by atoms with Gasteiger partial charge >= 0.3 is 0 Å². The summed E-state index contributed by atoms with van der Waals surface area (Å²) in [7, 11) is 5.44. The van der Waals surface area contributed by atoms with Crippen LogP contribution in [0, 0.1) is 5.82 Å². The molecule has 0 atom stereocenters. The number of hydrogen-bond donors (Lipinski definition) is 1. The van der Waals surface area contributed by atoms with Crippen molar-refractivity contribution in [2.45, 2.75) is 12.8 Å². The molecule has 0 fully saturated rings. The van der Waals surface area contributed by atoms with Crippen molar-refractivity contribution in [3.63, 3.8) is 0 Å². The third-order valence-electron chi connectivity index (χ3n) is 5.11. The van der Waals surface area contributed by atoms with Gasteiger partial charge in [-0.1, -0.05) is 42.5 Å². The largest absolute Gasteiger partial charge is 0.508 e. The lowest BCUT2D eigenvalue weighted by molar-refractivity contribution is 0.245. The van der Waals surface area contributed by atoms with E-state index in [0.717, 1.165) is 16.3 Å². The monoisotopic (exact) mass is 372 g/mol. The number of fused-ring (bicyclic) bond motifs is 1. The molecule has 4 nitrogen and oxygen atoms in total. The molecule has 1 aliphatic rings. The van der Waals surface area contributed by atoms with Gasteiger partial charge in [0.2, 0.25) is 7.85 Å². The topological polar surface area (TPSA) is 52.9 Å².